The van der Waals surface area contributed by atoms with Crippen LogP contribution in [0.5, 0.6) is 5.75 Å². The molecule has 9 heteroatoms. The van der Waals surface area contributed by atoms with Gasteiger partial charge in [-0.3, -0.25) is 9.59 Å². The van der Waals surface area contributed by atoms with E-state index in [1.54, 1.807) is 24.3 Å². The van der Waals surface area contributed by atoms with E-state index in [0.717, 1.165) is 15.4 Å². The van der Waals surface area contributed by atoms with Gasteiger partial charge in [-0.15, -0.1) is 0 Å². The van der Waals surface area contributed by atoms with Crippen LogP contribution >= 0.6 is 0 Å². The molecule has 0 atom stereocenters. The molecule has 0 saturated carbocycles. The number of benzene rings is 3. The average Bonchev–Trinajstić information content (AvgIpc) is 2.92. The van der Waals surface area contributed by atoms with Gasteiger partial charge in [0.15, 0.2) is 0 Å². The summed E-state index contributed by atoms with van der Waals surface area (Å²) in [5, 5.41) is 20.6. The number of carboxylic acids is 1. The summed E-state index contributed by atoms with van der Waals surface area (Å²) in [4.78, 5) is 22.5. The minimum absolute atomic E-state index is 0.00706. The topological polar surface area (TPSA) is 124 Å². The van der Waals surface area contributed by atoms with E-state index in [1.807, 2.05) is 22.9 Å². The highest BCUT2D eigenvalue weighted by atomic mass is 32.2. The van der Waals surface area contributed by atoms with E-state index >= 15 is 0 Å². The van der Waals surface area contributed by atoms with Crippen LogP contribution in [0, 0.1) is 0 Å². The van der Waals surface area contributed by atoms with Crippen molar-refractivity contribution in [2.45, 2.75) is 6.42 Å². The second-order valence-electron chi connectivity index (χ2n) is 6.71. The lowest BCUT2D eigenvalue weighted by molar-refractivity contribution is -0.136. The summed E-state index contributed by atoms with van der Waals surface area (Å²) < 4.78 is 26.9. The van der Waals surface area contributed by atoms with Gasteiger partial charge in [0.2, 0.25) is 0 Å². The molecular weight excluding hydrogens is 396 g/mol. The zero-order chi connectivity index (χ0) is 20.8. The second-order valence-corrected chi connectivity index (χ2v) is 8.31. The molecule has 1 aliphatic heterocycles. The van der Waals surface area contributed by atoms with Crippen LogP contribution in [-0.4, -0.2) is 37.1 Å². The maximum atomic E-state index is 12.1. The Hall–Kier alpha value is -3.59. The SMILES string of the molecule is O=C(O)Cc1cccc(-c2ccc3cc(O)c(N4CC(=O)NS4(=O)=O)cc3c2)c1. The van der Waals surface area contributed by atoms with Crippen molar-refractivity contribution in [3.8, 4) is 16.9 Å². The molecule has 0 aromatic heterocycles. The number of rotatable bonds is 4. The summed E-state index contributed by atoms with van der Waals surface area (Å²) in [6, 6.07) is 15.5. The molecule has 3 aromatic carbocycles. The van der Waals surface area contributed by atoms with E-state index in [4.69, 9.17) is 5.11 Å². The number of nitrogens with zero attached hydrogens (tertiary/aromatic N) is 1. The van der Waals surface area contributed by atoms with Crippen LogP contribution < -0.4 is 9.03 Å². The molecule has 29 heavy (non-hydrogen) atoms. The molecule has 3 aromatic rings. The summed E-state index contributed by atoms with van der Waals surface area (Å²) >= 11 is 0. The van der Waals surface area contributed by atoms with Crippen molar-refractivity contribution in [3.63, 3.8) is 0 Å². The predicted octanol–water partition coefficient (Wildman–Crippen LogP) is 2.02. The third-order valence-corrected chi connectivity index (χ3v) is 6.03. The molecule has 8 nitrogen and oxygen atoms in total. The number of nitrogens with one attached hydrogen (secondary N) is 1. The van der Waals surface area contributed by atoms with Crippen LogP contribution in [0.15, 0.2) is 54.6 Å². The fourth-order valence-electron chi connectivity index (χ4n) is 3.35. The Kier molecular flexibility index (Phi) is 4.39. The van der Waals surface area contributed by atoms with Gasteiger partial charge in [0, 0.05) is 0 Å². The van der Waals surface area contributed by atoms with Crippen molar-refractivity contribution < 1.29 is 28.2 Å². The molecule has 0 aliphatic carbocycles. The number of hydrogen-bond acceptors (Lipinski definition) is 5. The lowest BCUT2D eigenvalue weighted by Crippen LogP contribution is -2.29. The molecule has 0 radical (unpaired) electrons. The Bertz CT molecular complexity index is 1270. The van der Waals surface area contributed by atoms with Gasteiger partial charge in [-0.1, -0.05) is 36.4 Å². The average molecular weight is 412 g/mol. The Balaban J connectivity index is 1.79. The Morgan fingerprint density at radius 1 is 1.03 bits per heavy atom. The monoisotopic (exact) mass is 412 g/mol. The van der Waals surface area contributed by atoms with E-state index in [0.29, 0.717) is 16.3 Å². The smallest absolute Gasteiger partial charge is 0.326 e. The van der Waals surface area contributed by atoms with Gasteiger partial charge in [-0.2, -0.15) is 8.42 Å². The third kappa shape index (κ3) is 3.59. The first-order chi connectivity index (χ1) is 13.7. The zero-order valence-corrected chi connectivity index (χ0v) is 15.8. The first-order valence-electron chi connectivity index (χ1n) is 8.64. The molecule has 1 heterocycles. The van der Waals surface area contributed by atoms with Gasteiger partial charge < -0.3 is 10.2 Å². The van der Waals surface area contributed by atoms with Crippen LogP contribution in [-0.2, 0) is 26.2 Å². The van der Waals surface area contributed by atoms with Gasteiger partial charge >= 0.3 is 16.2 Å². The Labute approximate surface area is 166 Å². The molecule has 4 rings (SSSR count). The van der Waals surface area contributed by atoms with Crippen molar-refractivity contribution in [1.29, 1.82) is 0 Å². The Morgan fingerprint density at radius 2 is 1.79 bits per heavy atom. The highest BCUT2D eigenvalue weighted by Crippen LogP contribution is 2.36. The van der Waals surface area contributed by atoms with Crippen molar-refractivity contribution in [1.82, 2.24) is 4.72 Å². The van der Waals surface area contributed by atoms with E-state index in [2.05, 4.69) is 0 Å². The summed E-state index contributed by atoms with van der Waals surface area (Å²) in [5.74, 6) is -1.85. The van der Waals surface area contributed by atoms with Crippen LogP contribution in [0.25, 0.3) is 21.9 Å². The largest absolute Gasteiger partial charge is 0.506 e. The maximum Gasteiger partial charge on any atom is 0.326 e. The van der Waals surface area contributed by atoms with Crippen LogP contribution in [0.1, 0.15) is 5.56 Å². The molecule has 0 unspecified atom stereocenters. The summed E-state index contributed by atoms with van der Waals surface area (Å²) in [5.41, 5.74) is 2.28. The standard InChI is InChI=1S/C20H16N2O6S/c23-18-10-15-5-4-14(13-3-1-2-12(6-13)7-20(25)26)8-16(15)9-17(18)22-11-19(24)21-29(22,27)28/h1-6,8-10,23H,7,11H2,(H,21,24)(H,25,26). The predicted molar refractivity (Wildman–Crippen MR) is 107 cm³/mol. The number of carboxylic acid groups (broad SMARTS) is 1. The molecule has 1 aliphatic rings. The number of hydrogen-bond donors (Lipinski definition) is 3. The van der Waals surface area contributed by atoms with Crippen LogP contribution in [0.2, 0.25) is 0 Å². The summed E-state index contributed by atoms with van der Waals surface area (Å²) in [6.07, 6.45) is -0.0900. The molecule has 1 amide bonds. The fraction of sp³-hybridized carbons (Fsp3) is 0.100. The molecular formula is C20H16N2O6S. The number of amides is 1. The maximum absolute atomic E-state index is 12.1. The third-order valence-electron chi connectivity index (χ3n) is 4.64. The van der Waals surface area contributed by atoms with E-state index in [-0.39, 0.29) is 17.9 Å². The minimum atomic E-state index is -4.04. The van der Waals surface area contributed by atoms with Gasteiger partial charge in [0.05, 0.1) is 12.1 Å². The van der Waals surface area contributed by atoms with Crippen LogP contribution in [0.3, 0.4) is 0 Å². The number of carbonyl (C=O) groups is 2. The molecule has 1 fully saturated rings. The quantitative estimate of drug-likeness (QED) is 0.602. The minimum Gasteiger partial charge on any atom is -0.506 e. The normalized spacial score (nSPS) is 15.4. The summed E-state index contributed by atoms with van der Waals surface area (Å²) in [7, 11) is -4.04. The van der Waals surface area contributed by atoms with Gasteiger partial charge in [0.25, 0.3) is 5.91 Å². The molecule has 148 valence electrons. The van der Waals surface area contributed by atoms with Gasteiger partial charge in [-0.05, 0) is 45.7 Å². The zero-order valence-electron chi connectivity index (χ0n) is 15.0. The van der Waals surface area contributed by atoms with Crippen molar-refractivity contribution >= 4 is 38.5 Å². The Morgan fingerprint density at radius 3 is 2.48 bits per heavy atom. The fourth-order valence-corrected chi connectivity index (χ4v) is 4.50. The number of phenolic OH excluding ortho intramolecular Hbond substituents is 1. The lowest BCUT2D eigenvalue weighted by Gasteiger charge is -2.17. The molecule has 0 spiro atoms. The van der Waals surface area contributed by atoms with Crippen molar-refractivity contribution in [2.24, 2.45) is 0 Å². The molecule has 3 N–H and O–H groups in total. The van der Waals surface area contributed by atoms with Crippen LogP contribution in [0.4, 0.5) is 5.69 Å². The van der Waals surface area contributed by atoms with E-state index in [9.17, 15) is 23.1 Å². The first-order valence-corrected chi connectivity index (χ1v) is 10.1. The van der Waals surface area contributed by atoms with Crippen molar-refractivity contribution in [2.75, 3.05) is 10.8 Å². The number of fused-ring (bicyclic) bond motifs is 1. The van der Waals surface area contributed by atoms with Gasteiger partial charge in [0.1, 0.15) is 12.3 Å². The molecule has 0 bridgehead atoms. The number of phenols is 1. The lowest BCUT2D eigenvalue weighted by atomic mass is 9.98. The highest BCUT2D eigenvalue weighted by Gasteiger charge is 2.35. The number of aromatic hydroxyl groups is 1. The van der Waals surface area contributed by atoms with E-state index in [1.165, 1.54) is 12.1 Å². The second kappa shape index (κ2) is 6.78. The molecule has 1 saturated heterocycles. The number of carbonyl (C=O) groups excluding carboxylic acids is 1. The van der Waals surface area contributed by atoms with Crippen molar-refractivity contribution in [3.05, 3.63) is 60.2 Å². The first kappa shape index (κ1) is 18.8. The highest BCUT2D eigenvalue weighted by molar-refractivity contribution is 7.92. The van der Waals surface area contributed by atoms with E-state index < -0.39 is 28.6 Å². The summed E-state index contributed by atoms with van der Waals surface area (Å²) in [6.45, 7) is -0.404. The number of anilines is 1. The van der Waals surface area contributed by atoms with Gasteiger partial charge in [-0.25, -0.2) is 9.03 Å². The number of aliphatic carboxylic acids is 1.